The molecule has 0 bridgehead atoms. The molecule has 1 aromatic heterocycles. The van der Waals surface area contributed by atoms with Gasteiger partial charge in [0.2, 0.25) is 0 Å². The predicted octanol–water partition coefficient (Wildman–Crippen LogP) is 3.45. The van der Waals surface area contributed by atoms with Gasteiger partial charge in [0.15, 0.2) is 0 Å². The van der Waals surface area contributed by atoms with Crippen molar-refractivity contribution < 1.29 is 0 Å². The van der Waals surface area contributed by atoms with E-state index in [4.69, 9.17) is 4.98 Å². The first-order valence-electron chi connectivity index (χ1n) is 7.87. The SMILES string of the molecule is CCNCc1cc(CC)nc(N2CCc3ccccc32)c1. The molecular weight excluding hydrogens is 258 g/mol. The van der Waals surface area contributed by atoms with Crippen LogP contribution in [0.5, 0.6) is 0 Å². The number of nitrogens with one attached hydrogen (secondary N) is 1. The van der Waals surface area contributed by atoms with E-state index < -0.39 is 0 Å². The number of hydrogen-bond acceptors (Lipinski definition) is 3. The molecule has 0 fully saturated rings. The van der Waals surface area contributed by atoms with Gasteiger partial charge in [-0.1, -0.05) is 32.0 Å². The fourth-order valence-corrected chi connectivity index (χ4v) is 2.90. The Labute approximate surface area is 127 Å². The quantitative estimate of drug-likeness (QED) is 0.910. The molecule has 3 rings (SSSR count). The molecule has 110 valence electrons. The molecule has 0 atom stereocenters. The lowest BCUT2D eigenvalue weighted by atomic mass is 10.1. The summed E-state index contributed by atoms with van der Waals surface area (Å²) < 4.78 is 0. The summed E-state index contributed by atoms with van der Waals surface area (Å²) in [5.74, 6) is 1.09. The summed E-state index contributed by atoms with van der Waals surface area (Å²) in [5, 5.41) is 3.41. The minimum absolute atomic E-state index is 0.911. The number of nitrogens with zero attached hydrogens (tertiary/aromatic N) is 2. The number of rotatable bonds is 5. The highest BCUT2D eigenvalue weighted by molar-refractivity contribution is 5.67. The van der Waals surface area contributed by atoms with Gasteiger partial charge in [-0.25, -0.2) is 4.98 Å². The van der Waals surface area contributed by atoms with E-state index in [0.29, 0.717) is 0 Å². The molecule has 0 amide bonds. The molecule has 2 heterocycles. The molecule has 3 heteroatoms. The molecule has 0 saturated carbocycles. The van der Waals surface area contributed by atoms with Gasteiger partial charge in [0.05, 0.1) is 0 Å². The number of anilines is 2. The van der Waals surface area contributed by atoms with E-state index in [1.165, 1.54) is 22.5 Å². The van der Waals surface area contributed by atoms with E-state index in [2.05, 4.69) is 60.5 Å². The lowest BCUT2D eigenvalue weighted by Gasteiger charge is -2.20. The van der Waals surface area contributed by atoms with E-state index in [1.807, 2.05) is 0 Å². The Morgan fingerprint density at radius 3 is 2.86 bits per heavy atom. The maximum Gasteiger partial charge on any atom is 0.133 e. The minimum Gasteiger partial charge on any atom is -0.326 e. The molecule has 1 N–H and O–H groups in total. The van der Waals surface area contributed by atoms with Crippen molar-refractivity contribution in [1.29, 1.82) is 0 Å². The van der Waals surface area contributed by atoms with Crippen LogP contribution in [0.15, 0.2) is 36.4 Å². The standard InChI is InChI=1S/C18H23N3/c1-3-16-11-14(13-19-4-2)12-18(20-16)21-10-9-15-7-5-6-8-17(15)21/h5-8,11-12,19H,3-4,9-10,13H2,1-2H3. The van der Waals surface area contributed by atoms with Gasteiger partial charge >= 0.3 is 0 Å². The van der Waals surface area contributed by atoms with E-state index in [0.717, 1.165) is 38.3 Å². The van der Waals surface area contributed by atoms with Crippen LogP contribution < -0.4 is 10.2 Å². The smallest absolute Gasteiger partial charge is 0.133 e. The Balaban J connectivity index is 1.95. The van der Waals surface area contributed by atoms with Gasteiger partial charge in [-0.3, -0.25) is 0 Å². The summed E-state index contributed by atoms with van der Waals surface area (Å²) in [6, 6.07) is 13.1. The summed E-state index contributed by atoms with van der Waals surface area (Å²) in [6.45, 7) is 7.24. The number of aryl methyl sites for hydroxylation is 1. The van der Waals surface area contributed by atoms with Crippen molar-refractivity contribution in [2.75, 3.05) is 18.0 Å². The van der Waals surface area contributed by atoms with Crippen molar-refractivity contribution >= 4 is 11.5 Å². The maximum absolute atomic E-state index is 4.84. The predicted molar refractivity (Wildman–Crippen MR) is 88.1 cm³/mol. The molecule has 0 unspecified atom stereocenters. The molecule has 1 aliphatic rings. The summed E-state index contributed by atoms with van der Waals surface area (Å²) >= 11 is 0. The Morgan fingerprint density at radius 2 is 2.05 bits per heavy atom. The van der Waals surface area contributed by atoms with Gasteiger partial charge in [0.25, 0.3) is 0 Å². The number of para-hydroxylation sites is 1. The highest BCUT2D eigenvalue weighted by Crippen LogP contribution is 2.33. The first kappa shape index (κ1) is 14.1. The van der Waals surface area contributed by atoms with Crippen molar-refractivity contribution in [2.45, 2.75) is 33.2 Å². The van der Waals surface area contributed by atoms with Gasteiger partial charge in [0.1, 0.15) is 5.82 Å². The molecule has 0 spiro atoms. The zero-order valence-electron chi connectivity index (χ0n) is 12.9. The molecular formula is C18H23N3. The molecule has 0 aliphatic carbocycles. The topological polar surface area (TPSA) is 28.2 Å². The van der Waals surface area contributed by atoms with Gasteiger partial charge in [-0.05, 0) is 48.7 Å². The van der Waals surface area contributed by atoms with Crippen molar-refractivity contribution in [3.8, 4) is 0 Å². The first-order chi connectivity index (χ1) is 10.3. The van der Waals surface area contributed by atoms with Crippen molar-refractivity contribution in [3.05, 3.63) is 53.2 Å². The van der Waals surface area contributed by atoms with Crippen LogP contribution in [0.25, 0.3) is 0 Å². The number of hydrogen-bond donors (Lipinski definition) is 1. The van der Waals surface area contributed by atoms with Crippen molar-refractivity contribution in [3.63, 3.8) is 0 Å². The molecule has 2 aromatic rings. The molecule has 1 aromatic carbocycles. The average Bonchev–Trinajstić information content (AvgIpc) is 2.96. The van der Waals surface area contributed by atoms with Crippen molar-refractivity contribution in [2.24, 2.45) is 0 Å². The number of benzene rings is 1. The molecule has 0 radical (unpaired) electrons. The van der Waals surface area contributed by atoms with E-state index in [9.17, 15) is 0 Å². The number of aromatic nitrogens is 1. The second-order valence-electron chi connectivity index (χ2n) is 5.49. The Hall–Kier alpha value is -1.87. The molecule has 1 aliphatic heterocycles. The number of fused-ring (bicyclic) bond motifs is 1. The van der Waals surface area contributed by atoms with Crippen LogP contribution in [0.1, 0.15) is 30.7 Å². The number of pyridine rings is 1. The highest BCUT2D eigenvalue weighted by Gasteiger charge is 2.21. The lowest BCUT2D eigenvalue weighted by Crippen LogP contribution is -2.17. The minimum atomic E-state index is 0.911. The van der Waals surface area contributed by atoms with Gasteiger partial charge in [-0.2, -0.15) is 0 Å². The third kappa shape index (κ3) is 2.93. The largest absolute Gasteiger partial charge is 0.326 e. The van der Waals surface area contributed by atoms with Crippen LogP contribution in [0.2, 0.25) is 0 Å². The molecule has 0 saturated heterocycles. The zero-order valence-corrected chi connectivity index (χ0v) is 12.9. The second kappa shape index (κ2) is 6.27. The Bertz CT molecular complexity index is 622. The summed E-state index contributed by atoms with van der Waals surface area (Å²) in [6.07, 6.45) is 2.08. The van der Waals surface area contributed by atoms with E-state index >= 15 is 0 Å². The summed E-state index contributed by atoms with van der Waals surface area (Å²) in [4.78, 5) is 7.19. The van der Waals surface area contributed by atoms with Crippen LogP contribution in [-0.4, -0.2) is 18.1 Å². The highest BCUT2D eigenvalue weighted by atomic mass is 15.2. The average molecular weight is 281 g/mol. The van der Waals surface area contributed by atoms with E-state index in [1.54, 1.807) is 0 Å². The zero-order chi connectivity index (χ0) is 14.7. The van der Waals surface area contributed by atoms with Crippen LogP contribution in [0.3, 0.4) is 0 Å². The fraction of sp³-hybridized carbons (Fsp3) is 0.389. The molecule has 21 heavy (non-hydrogen) atoms. The third-order valence-corrected chi connectivity index (χ3v) is 4.03. The summed E-state index contributed by atoms with van der Waals surface area (Å²) in [5.41, 5.74) is 5.23. The lowest BCUT2D eigenvalue weighted by molar-refractivity contribution is 0.724. The second-order valence-corrected chi connectivity index (χ2v) is 5.49. The maximum atomic E-state index is 4.84. The van der Waals surface area contributed by atoms with Crippen LogP contribution in [-0.2, 0) is 19.4 Å². The van der Waals surface area contributed by atoms with Crippen LogP contribution >= 0.6 is 0 Å². The Kier molecular flexibility index (Phi) is 4.20. The fourth-order valence-electron chi connectivity index (χ4n) is 2.90. The van der Waals surface area contributed by atoms with Crippen LogP contribution in [0, 0.1) is 0 Å². The first-order valence-corrected chi connectivity index (χ1v) is 7.87. The summed E-state index contributed by atoms with van der Waals surface area (Å²) in [7, 11) is 0. The Morgan fingerprint density at radius 1 is 1.19 bits per heavy atom. The van der Waals surface area contributed by atoms with E-state index in [-0.39, 0.29) is 0 Å². The van der Waals surface area contributed by atoms with Gasteiger partial charge in [0, 0.05) is 24.5 Å². The monoisotopic (exact) mass is 281 g/mol. The van der Waals surface area contributed by atoms with Crippen LogP contribution in [0.4, 0.5) is 11.5 Å². The normalized spacial score (nSPS) is 13.5. The third-order valence-electron chi connectivity index (χ3n) is 4.03. The van der Waals surface area contributed by atoms with Gasteiger partial charge < -0.3 is 10.2 Å². The van der Waals surface area contributed by atoms with Gasteiger partial charge in [-0.15, -0.1) is 0 Å². The molecule has 3 nitrogen and oxygen atoms in total. The van der Waals surface area contributed by atoms with Crippen molar-refractivity contribution in [1.82, 2.24) is 10.3 Å².